The molecule has 3 heterocycles. The highest BCUT2D eigenvalue weighted by Crippen LogP contribution is 2.29. The maximum absolute atomic E-state index is 10.7. The number of hydrogen-bond donors (Lipinski definition) is 3. The van der Waals surface area contributed by atoms with Crippen molar-refractivity contribution in [2.24, 2.45) is 4.99 Å². The number of thiazole rings is 1. The topological polar surface area (TPSA) is 69.5 Å². The molecule has 0 radical (unpaired) electrons. The van der Waals surface area contributed by atoms with Crippen LogP contribution >= 0.6 is 58.0 Å². The zero-order chi connectivity index (χ0) is 20.0. The van der Waals surface area contributed by atoms with E-state index in [1.807, 2.05) is 31.4 Å². The third kappa shape index (κ3) is 7.02. The number of aromatic nitrogens is 1. The number of halogens is 1. The van der Waals surface area contributed by atoms with Crippen molar-refractivity contribution in [3.05, 3.63) is 49.8 Å². The van der Waals surface area contributed by atoms with E-state index in [1.54, 1.807) is 40.9 Å². The van der Waals surface area contributed by atoms with Gasteiger partial charge >= 0.3 is 0 Å². The number of rotatable bonds is 8. The highest BCUT2D eigenvalue weighted by Gasteiger charge is 2.23. The van der Waals surface area contributed by atoms with E-state index in [4.69, 9.17) is 0 Å². The van der Waals surface area contributed by atoms with E-state index in [9.17, 15) is 5.11 Å². The van der Waals surface area contributed by atoms with Gasteiger partial charge in [-0.15, -0.1) is 58.0 Å². The van der Waals surface area contributed by atoms with Gasteiger partial charge in [0.25, 0.3) is 0 Å². The third-order valence-electron chi connectivity index (χ3n) is 4.14. The van der Waals surface area contributed by atoms with Crippen molar-refractivity contribution in [1.29, 1.82) is 0 Å². The van der Waals surface area contributed by atoms with E-state index in [-0.39, 0.29) is 24.0 Å². The minimum absolute atomic E-state index is 0. The van der Waals surface area contributed by atoms with Gasteiger partial charge in [0.2, 0.25) is 0 Å². The average Bonchev–Trinajstić information content (AvgIpc) is 3.41. The second-order valence-electron chi connectivity index (χ2n) is 6.64. The molecule has 0 aliphatic carbocycles. The summed E-state index contributed by atoms with van der Waals surface area (Å²) in [4.78, 5) is 12.6. The Labute approximate surface area is 201 Å². The molecule has 0 saturated carbocycles. The Balaban J connectivity index is 0.00000300. The number of aryl methyl sites for hydroxylation is 1. The molecule has 3 aromatic heterocycles. The van der Waals surface area contributed by atoms with Crippen molar-refractivity contribution in [3.63, 3.8) is 0 Å². The van der Waals surface area contributed by atoms with Gasteiger partial charge in [-0.25, -0.2) is 9.98 Å². The van der Waals surface area contributed by atoms with Crippen LogP contribution in [0.25, 0.3) is 10.6 Å². The standard InChI is InChI=1S/C20H26N4OS3.HI/c1-4-21-19(23-13-20(3,25)18-6-5-11-26-18)22-10-9-15-7-8-17(28-15)16-12-27-14(2)24-16;/h5-8,11-12,25H,4,9-10,13H2,1-3H3,(H2,21,22,23);1H. The summed E-state index contributed by atoms with van der Waals surface area (Å²) in [6.45, 7) is 7.75. The van der Waals surface area contributed by atoms with Gasteiger partial charge in [0.15, 0.2) is 5.96 Å². The minimum Gasteiger partial charge on any atom is -0.383 e. The molecular formula is C20H27IN4OS3. The van der Waals surface area contributed by atoms with E-state index < -0.39 is 5.60 Å². The Hall–Kier alpha value is -1.01. The smallest absolute Gasteiger partial charge is 0.191 e. The Morgan fingerprint density at radius 2 is 2.07 bits per heavy atom. The Bertz CT molecular complexity index is 903. The summed E-state index contributed by atoms with van der Waals surface area (Å²) in [5.41, 5.74) is 0.114. The van der Waals surface area contributed by atoms with Crippen LogP contribution < -0.4 is 10.6 Å². The first-order valence-corrected chi connectivity index (χ1v) is 11.9. The van der Waals surface area contributed by atoms with E-state index in [2.05, 4.69) is 38.1 Å². The van der Waals surface area contributed by atoms with E-state index >= 15 is 0 Å². The molecule has 0 bridgehead atoms. The van der Waals surface area contributed by atoms with Gasteiger partial charge in [-0.05, 0) is 50.8 Å². The molecule has 0 amide bonds. The molecule has 3 rings (SSSR count). The first-order chi connectivity index (χ1) is 13.5. The first kappa shape index (κ1) is 24.3. The second-order valence-corrected chi connectivity index (χ2v) is 9.82. The van der Waals surface area contributed by atoms with Crippen LogP contribution in [-0.2, 0) is 12.0 Å². The molecule has 29 heavy (non-hydrogen) atoms. The van der Waals surface area contributed by atoms with Gasteiger partial charge < -0.3 is 15.7 Å². The van der Waals surface area contributed by atoms with E-state index in [0.717, 1.165) is 41.0 Å². The van der Waals surface area contributed by atoms with Crippen molar-refractivity contribution < 1.29 is 5.11 Å². The van der Waals surface area contributed by atoms with Gasteiger partial charge in [-0.3, -0.25) is 0 Å². The van der Waals surface area contributed by atoms with Crippen LogP contribution in [0.4, 0.5) is 0 Å². The lowest BCUT2D eigenvalue weighted by molar-refractivity contribution is 0.0711. The zero-order valence-corrected chi connectivity index (χ0v) is 21.5. The van der Waals surface area contributed by atoms with Crippen LogP contribution in [0.5, 0.6) is 0 Å². The third-order valence-corrected chi connectivity index (χ3v) is 7.20. The molecule has 0 spiro atoms. The molecule has 158 valence electrons. The summed E-state index contributed by atoms with van der Waals surface area (Å²) in [7, 11) is 0. The van der Waals surface area contributed by atoms with E-state index in [1.165, 1.54) is 9.75 Å². The lowest BCUT2D eigenvalue weighted by atomic mass is 10.1. The Kier molecular flexibility index (Phi) is 9.54. The lowest BCUT2D eigenvalue weighted by Crippen LogP contribution is -2.39. The van der Waals surface area contributed by atoms with E-state index in [0.29, 0.717) is 6.54 Å². The molecule has 9 heteroatoms. The van der Waals surface area contributed by atoms with Crippen molar-refractivity contribution in [3.8, 4) is 10.6 Å². The highest BCUT2D eigenvalue weighted by molar-refractivity contribution is 14.0. The van der Waals surface area contributed by atoms with Crippen LogP contribution in [0.15, 0.2) is 40.0 Å². The molecule has 1 unspecified atom stereocenters. The van der Waals surface area contributed by atoms with Crippen LogP contribution in [0.3, 0.4) is 0 Å². The number of nitrogens with one attached hydrogen (secondary N) is 2. The lowest BCUT2D eigenvalue weighted by Gasteiger charge is -2.20. The number of aliphatic hydroxyl groups is 1. The summed E-state index contributed by atoms with van der Waals surface area (Å²) in [6.07, 6.45) is 0.916. The van der Waals surface area contributed by atoms with Crippen LogP contribution in [0, 0.1) is 6.92 Å². The number of guanidine groups is 1. The molecule has 0 aromatic carbocycles. The van der Waals surface area contributed by atoms with Gasteiger partial charge in [0.05, 0.1) is 22.1 Å². The molecule has 0 aliphatic rings. The summed E-state index contributed by atoms with van der Waals surface area (Å²) < 4.78 is 0. The number of thiophene rings is 2. The van der Waals surface area contributed by atoms with Crippen molar-refractivity contribution >= 4 is 63.9 Å². The van der Waals surface area contributed by atoms with Crippen molar-refractivity contribution in [1.82, 2.24) is 15.6 Å². The van der Waals surface area contributed by atoms with Crippen LogP contribution in [-0.4, -0.2) is 35.7 Å². The predicted octanol–water partition coefficient (Wildman–Crippen LogP) is 4.86. The number of aliphatic imine (C=N–C) groups is 1. The minimum atomic E-state index is -0.954. The maximum atomic E-state index is 10.7. The van der Waals surface area contributed by atoms with Gasteiger partial charge in [-0.1, -0.05) is 6.07 Å². The normalized spacial score (nSPS) is 13.6. The number of hydrogen-bond acceptors (Lipinski definition) is 6. The van der Waals surface area contributed by atoms with Crippen LogP contribution in [0.2, 0.25) is 0 Å². The quantitative estimate of drug-likeness (QED) is 0.208. The zero-order valence-electron chi connectivity index (χ0n) is 16.8. The van der Waals surface area contributed by atoms with Gasteiger partial charge in [-0.2, -0.15) is 0 Å². The first-order valence-electron chi connectivity index (χ1n) is 9.27. The molecule has 1 atom stereocenters. The van der Waals surface area contributed by atoms with Crippen molar-refractivity contribution in [2.45, 2.75) is 32.8 Å². The Morgan fingerprint density at radius 1 is 1.24 bits per heavy atom. The highest BCUT2D eigenvalue weighted by atomic mass is 127. The number of nitrogens with zero attached hydrogens (tertiary/aromatic N) is 2. The molecule has 0 saturated heterocycles. The van der Waals surface area contributed by atoms with Gasteiger partial charge in [0.1, 0.15) is 5.60 Å². The summed E-state index contributed by atoms with van der Waals surface area (Å²) >= 11 is 5.02. The van der Waals surface area contributed by atoms with Crippen molar-refractivity contribution in [2.75, 3.05) is 19.6 Å². The fourth-order valence-electron chi connectivity index (χ4n) is 2.67. The summed E-state index contributed by atoms with van der Waals surface area (Å²) in [5.74, 6) is 0.728. The van der Waals surface area contributed by atoms with Crippen LogP contribution in [0.1, 0.15) is 28.6 Å². The molecule has 0 aliphatic heterocycles. The molecule has 3 aromatic rings. The summed E-state index contributed by atoms with van der Waals surface area (Å²) in [5, 5.41) is 22.4. The molecule has 5 nitrogen and oxygen atoms in total. The molecule has 0 fully saturated rings. The monoisotopic (exact) mass is 562 g/mol. The predicted molar refractivity (Wildman–Crippen MR) is 137 cm³/mol. The Morgan fingerprint density at radius 3 is 2.72 bits per heavy atom. The fraction of sp³-hybridized carbons (Fsp3) is 0.400. The maximum Gasteiger partial charge on any atom is 0.191 e. The molecular weight excluding hydrogens is 535 g/mol. The average molecular weight is 563 g/mol. The van der Waals surface area contributed by atoms with Gasteiger partial charge in [0, 0.05) is 28.2 Å². The fourth-order valence-corrected chi connectivity index (χ4v) is 5.10. The largest absolute Gasteiger partial charge is 0.383 e. The summed E-state index contributed by atoms with van der Waals surface area (Å²) in [6, 6.07) is 8.20. The SMILES string of the molecule is CCNC(=NCC(C)(O)c1cccs1)NCCc1ccc(-c2csc(C)n2)s1.I. The molecule has 3 N–H and O–H groups in total. The second kappa shape index (κ2) is 11.4.